The maximum Gasteiger partial charge on any atom is 0.175 e. The van der Waals surface area contributed by atoms with Gasteiger partial charge in [0.05, 0.1) is 12.2 Å². The van der Waals surface area contributed by atoms with Gasteiger partial charge in [0.15, 0.2) is 16.6 Å². The molecule has 2 fully saturated rings. The highest BCUT2D eigenvalue weighted by Crippen LogP contribution is 2.46. The molecule has 3 heterocycles. The average Bonchev–Trinajstić information content (AvgIpc) is 3.01. The Morgan fingerprint density at radius 3 is 3.00 bits per heavy atom. The van der Waals surface area contributed by atoms with E-state index < -0.39 is 5.79 Å². The molecule has 6 heteroatoms. The van der Waals surface area contributed by atoms with Crippen LogP contribution in [0.25, 0.3) is 5.65 Å². The molecule has 0 spiro atoms. The number of aromatic nitrogens is 3. The molecule has 5 nitrogen and oxygen atoms in total. The monoisotopic (exact) mass is 293 g/mol. The highest BCUT2D eigenvalue weighted by atomic mass is 35.5. The predicted octanol–water partition coefficient (Wildman–Crippen LogP) is 2.78. The van der Waals surface area contributed by atoms with Crippen molar-refractivity contribution in [2.45, 2.75) is 50.6 Å². The Labute approximate surface area is 121 Å². The lowest BCUT2D eigenvalue weighted by atomic mass is 10.0. The molecule has 106 valence electrons. The topological polar surface area (TPSA) is 48.7 Å². The second kappa shape index (κ2) is 4.16. The maximum absolute atomic E-state index is 6.08. The van der Waals surface area contributed by atoms with Crippen LogP contribution in [0.3, 0.4) is 0 Å². The Hall–Kier alpha value is -1.17. The predicted molar refractivity (Wildman–Crippen MR) is 73.8 cm³/mol. The Balaban J connectivity index is 1.75. The van der Waals surface area contributed by atoms with Crippen molar-refractivity contribution >= 4 is 17.2 Å². The number of nitrogens with zero attached hydrogens (tertiary/aromatic N) is 3. The van der Waals surface area contributed by atoms with Crippen LogP contribution < -0.4 is 0 Å². The molecule has 20 heavy (non-hydrogen) atoms. The lowest BCUT2D eigenvalue weighted by Gasteiger charge is -2.21. The number of imidazole rings is 1. The van der Waals surface area contributed by atoms with Crippen LogP contribution in [0.1, 0.15) is 38.3 Å². The third-order valence-electron chi connectivity index (χ3n) is 4.17. The normalized spacial score (nSPS) is 31.9. The van der Waals surface area contributed by atoms with Crippen molar-refractivity contribution in [1.29, 1.82) is 0 Å². The Morgan fingerprint density at radius 1 is 1.30 bits per heavy atom. The molecule has 2 aromatic rings. The highest BCUT2D eigenvalue weighted by molar-refractivity contribution is 6.32. The molecule has 0 radical (unpaired) electrons. The fourth-order valence-electron chi connectivity index (χ4n) is 3.43. The van der Waals surface area contributed by atoms with Gasteiger partial charge in [-0.3, -0.25) is 4.40 Å². The summed E-state index contributed by atoms with van der Waals surface area (Å²) in [5.74, 6) is -0.205. The highest BCUT2D eigenvalue weighted by Gasteiger charge is 2.50. The smallest absolute Gasteiger partial charge is 0.175 e. The van der Waals surface area contributed by atoms with Crippen LogP contribution in [-0.4, -0.2) is 32.4 Å². The zero-order valence-electron chi connectivity index (χ0n) is 11.4. The van der Waals surface area contributed by atoms with Crippen molar-refractivity contribution in [2.24, 2.45) is 0 Å². The van der Waals surface area contributed by atoms with E-state index >= 15 is 0 Å². The Kier molecular flexibility index (Phi) is 2.61. The van der Waals surface area contributed by atoms with E-state index in [0.717, 1.165) is 18.5 Å². The summed E-state index contributed by atoms with van der Waals surface area (Å²) in [6.45, 7) is 3.94. The van der Waals surface area contributed by atoms with E-state index in [1.165, 1.54) is 0 Å². The number of hydrogen-bond acceptors (Lipinski definition) is 4. The molecule has 2 aromatic heterocycles. The summed E-state index contributed by atoms with van der Waals surface area (Å²) in [6.07, 6.45) is 7.81. The fourth-order valence-corrected chi connectivity index (χ4v) is 3.63. The largest absolute Gasteiger partial charge is 0.345 e. The summed E-state index contributed by atoms with van der Waals surface area (Å²) in [5, 5.41) is 0.428. The minimum Gasteiger partial charge on any atom is -0.345 e. The van der Waals surface area contributed by atoms with Gasteiger partial charge in [-0.05, 0) is 26.7 Å². The molecule has 1 aliphatic heterocycles. The zero-order chi connectivity index (χ0) is 13.9. The average molecular weight is 294 g/mol. The summed E-state index contributed by atoms with van der Waals surface area (Å²) in [5.41, 5.74) is 1.82. The van der Waals surface area contributed by atoms with Gasteiger partial charge in [0.1, 0.15) is 0 Å². The molecule has 1 aliphatic carbocycles. The van der Waals surface area contributed by atoms with Gasteiger partial charge in [0.25, 0.3) is 0 Å². The Morgan fingerprint density at radius 2 is 2.15 bits per heavy atom. The van der Waals surface area contributed by atoms with Gasteiger partial charge < -0.3 is 9.47 Å². The first kappa shape index (κ1) is 12.6. The van der Waals surface area contributed by atoms with Crippen LogP contribution in [0, 0.1) is 0 Å². The van der Waals surface area contributed by atoms with Crippen molar-refractivity contribution < 1.29 is 9.47 Å². The molecule has 1 unspecified atom stereocenters. The molecule has 0 N–H and O–H groups in total. The maximum atomic E-state index is 6.08. The van der Waals surface area contributed by atoms with Crippen LogP contribution >= 0.6 is 11.6 Å². The van der Waals surface area contributed by atoms with Crippen LogP contribution in [0.4, 0.5) is 0 Å². The van der Waals surface area contributed by atoms with Gasteiger partial charge in [0, 0.05) is 30.2 Å². The molecule has 1 saturated carbocycles. The molecular weight excluding hydrogens is 278 g/mol. The van der Waals surface area contributed by atoms with Gasteiger partial charge in [-0.15, -0.1) is 0 Å². The Bertz CT molecular complexity index is 669. The molecule has 4 rings (SSSR count). The summed E-state index contributed by atoms with van der Waals surface area (Å²) in [7, 11) is 0. The zero-order valence-corrected chi connectivity index (χ0v) is 12.2. The molecule has 2 aliphatic rings. The van der Waals surface area contributed by atoms with Crippen molar-refractivity contribution in [3.05, 3.63) is 29.4 Å². The summed E-state index contributed by atoms with van der Waals surface area (Å²) in [6, 6.07) is 0. The molecule has 3 atom stereocenters. The standard InChI is InChI=1S/C14H16ClN3O2/c1-14(2)19-10-4-3-8(11(10)20-14)9-7-17-13-12(15)16-5-6-18(9)13/h5-8,10-11H,3-4H2,1-2H3/t8-,10?,11+/m0/s1. The number of ether oxygens (including phenoxy) is 2. The first-order valence-electron chi connectivity index (χ1n) is 6.88. The molecule has 0 amide bonds. The molecular formula is C14H16ClN3O2. The third kappa shape index (κ3) is 1.77. The van der Waals surface area contributed by atoms with Crippen LogP contribution in [0.15, 0.2) is 18.6 Å². The summed E-state index contributed by atoms with van der Waals surface area (Å²) < 4.78 is 14.0. The first-order valence-corrected chi connectivity index (χ1v) is 7.26. The van der Waals surface area contributed by atoms with E-state index in [-0.39, 0.29) is 18.1 Å². The summed E-state index contributed by atoms with van der Waals surface area (Å²) >= 11 is 6.08. The van der Waals surface area contributed by atoms with Crippen LogP contribution in [0.5, 0.6) is 0 Å². The van der Waals surface area contributed by atoms with Crippen molar-refractivity contribution in [3.63, 3.8) is 0 Å². The fraction of sp³-hybridized carbons (Fsp3) is 0.571. The van der Waals surface area contributed by atoms with Crippen LogP contribution in [0.2, 0.25) is 5.15 Å². The van der Waals surface area contributed by atoms with E-state index in [4.69, 9.17) is 21.1 Å². The van der Waals surface area contributed by atoms with Crippen molar-refractivity contribution in [3.8, 4) is 0 Å². The number of rotatable bonds is 1. The van der Waals surface area contributed by atoms with Gasteiger partial charge >= 0.3 is 0 Å². The van der Waals surface area contributed by atoms with E-state index in [0.29, 0.717) is 10.8 Å². The van der Waals surface area contributed by atoms with E-state index in [1.54, 1.807) is 6.20 Å². The van der Waals surface area contributed by atoms with Gasteiger partial charge in [-0.2, -0.15) is 0 Å². The molecule has 1 saturated heterocycles. The second-order valence-electron chi connectivity index (χ2n) is 5.92. The van der Waals surface area contributed by atoms with E-state index in [2.05, 4.69) is 9.97 Å². The van der Waals surface area contributed by atoms with Crippen LogP contribution in [-0.2, 0) is 9.47 Å². The number of halogens is 1. The quantitative estimate of drug-likeness (QED) is 0.811. The lowest BCUT2D eigenvalue weighted by molar-refractivity contribution is -0.153. The molecule has 0 bridgehead atoms. The third-order valence-corrected chi connectivity index (χ3v) is 4.44. The molecule has 0 aromatic carbocycles. The van der Waals surface area contributed by atoms with Gasteiger partial charge in [-0.25, -0.2) is 9.97 Å². The number of fused-ring (bicyclic) bond motifs is 2. The van der Waals surface area contributed by atoms with E-state index in [9.17, 15) is 0 Å². The minimum absolute atomic E-state index is 0.0943. The summed E-state index contributed by atoms with van der Waals surface area (Å²) in [4.78, 5) is 8.45. The van der Waals surface area contributed by atoms with Gasteiger partial charge in [-0.1, -0.05) is 11.6 Å². The van der Waals surface area contributed by atoms with E-state index in [1.807, 2.05) is 30.6 Å². The SMILES string of the molecule is CC1(C)OC2CC[C@@H](c3cnc4c(Cl)nccn34)[C@H]2O1. The van der Waals surface area contributed by atoms with Gasteiger partial charge in [0.2, 0.25) is 0 Å². The van der Waals surface area contributed by atoms with Crippen molar-refractivity contribution in [1.82, 2.24) is 14.4 Å². The lowest BCUT2D eigenvalue weighted by Crippen LogP contribution is -2.24. The number of hydrogen-bond donors (Lipinski definition) is 0. The first-order chi connectivity index (χ1) is 9.55. The second-order valence-corrected chi connectivity index (χ2v) is 6.28. The minimum atomic E-state index is -0.492. The van der Waals surface area contributed by atoms with Crippen molar-refractivity contribution in [2.75, 3.05) is 0 Å².